The Morgan fingerprint density at radius 1 is 1.13 bits per heavy atom. The zero-order valence-electron chi connectivity index (χ0n) is 13.6. The van der Waals surface area contributed by atoms with Crippen LogP contribution in [0.4, 0.5) is 0 Å². The van der Waals surface area contributed by atoms with E-state index in [4.69, 9.17) is 4.74 Å². The molecule has 0 saturated heterocycles. The van der Waals surface area contributed by atoms with Gasteiger partial charge in [-0.25, -0.2) is 0 Å². The van der Waals surface area contributed by atoms with Crippen molar-refractivity contribution in [3.63, 3.8) is 0 Å². The van der Waals surface area contributed by atoms with Gasteiger partial charge in [0, 0.05) is 24.2 Å². The van der Waals surface area contributed by atoms with Crippen molar-refractivity contribution in [2.45, 2.75) is 26.5 Å². The molecule has 0 fully saturated rings. The fraction of sp³-hybridized carbons (Fsp3) is 0.316. The Morgan fingerprint density at radius 2 is 1.78 bits per heavy atom. The van der Waals surface area contributed by atoms with Gasteiger partial charge in [-0.3, -0.25) is 4.79 Å². The Balaban J connectivity index is 2.24. The number of carbonyl (C=O) groups excluding carboxylic acids is 1. The van der Waals surface area contributed by atoms with Crippen LogP contribution in [0.5, 0.6) is 5.75 Å². The van der Waals surface area contributed by atoms with Crippen LogP contribution in [-0.2, 0) is 6.54 Å². The first-order valence-corrected chi connectivity index (χ1v) is 7.85. The molecule has 4 nitrogen and oxygen atoms in total. The Labute approximate surface area is 137 Å². The number of hydrogen-bond acceptors (Lipinski definition) is 3. The lowest BCUT2D eigenvalue weighted by molar-refractivity contribution is 0.0628. The summed E-state index contributed by atoms with van der Waals surface area (Å²) in [6.07, 6.45) is -0.595. The van der Waals surface area contributed by atoms with Gasteiger partial charge in [-0.05, 0) is 32.0 Å². The van der Waals surface area contributed by atoms with Gasteiger partial charge in [-0.1, -0.05) is 36.4 Å². The Hall–Kier alpha value is -2.33. The van der Waals surface area contributed by atoms with Crippen LogP contribution in [0.15, 0.2) is 54.6 Å². The fourth-order valence-electron chi connectivity index (χ4n) is 2.44. The van der Waals surface area contributed by atoms with Crippen LogP contribution in [0.1, 0.15) is 29.8 Å². The number of benzene rings is 2. The average Bonchev–Trinajstić information content (AvgIpc) is 2.56. The highest BCUT2D eigenvalue weighted by Gasteiger charge is 2.19. The summed E-state index contributed by atoms with van der Waals surface area (Å²) < 4.78 is 5.63. The van der Waals surface area contributed by atoms with E-state index in [0.29, 0.717) is 18.7 Å². The van der Waals surface area contributed by atoms with Crippen LogP contribution in [0.2, 0.25) is 0 Å². The summed E-state index contributed by atoms with van der Waals surface area (Å²) in [5, 5.41) is 9.74. The molecule has 0 saturated carbocycles. The van der Waals surface area contributed by atoms with E-state index in [1.807, 2.05) is 49.4 Å². The minimum absolute atomic E-state index is 0.0993. The molecule has 0 aliphatic carbocycles. The maximum atomic E-state index is 12.7. The number of carbonyl (C=O) groups is 1. The number of aliphatic hydroxyl groups excluding tert-OH is 1. The minimum Gasteiger partial charge on any atom is -0.494 e. The van der Waals surface area contributed by atoms with Gasteiger partial charge in [0.25, 0.3) is 5.91 Å². The fourth-order valence-corrected chi connectivity index (χ4v) is 2.44. The van der Waals surface area contributed by atoms with Gasteiger partial charge in [0.15, 0.2) is 0 Å². The van der Waals surface area contributed by atoms with Crippen molar-refractivity contribution >= 4 is 5.91 Å². The standard InChI is InChI=1S/C19H23NO3/c1-3-23-18-12-8-7-11-17(18)14-20(13-15(2)21)19(22)16-9-5-4-6-10-16/h4-12,15,21H,3,13-14H2,1-2H3/t15-/m1/s1. The van der Waals surface area contributed by atoms with E-state index >= 15 is 0 Å². The van der Waals surface area contributed by atoms with Gasteiger partial charge in [0.2, 0.25) is 0 Å². The second-order valence-corrected chi connectivity index (χ2v) is 5.44. The van der Waals surface area contributed by atoms with Crippen molar-refractivity contribution < 1.29 is 14.6 Å². The van der Waals surface area contributed by atoms with Gasteiger partial charge in [-0.15, -0.1) is 0 Å². The van der Waals surface area contributed by atoms with Gasteiger partial charge < -0.3 is 14.7 Å². The number of nitrogens with zero attached hydrogens (tertiary/aromatic N) is 1. The van der Waals surface area contributed by atoms with Crippen LogP contribution in [0.25, 0.3) is 0 Å². The number of rotatable bonds is 7. The summed E-state index contributed by atoms with van der Waals surface area (Å²) in [4.78, 5) is 14.4. The topological polar surface area (TPSA) is 49.8 Å². The van der Waals surface area contributed by atoms with Crippen LogP contribution in [-0.4, -0.2) is 35.2 Å². The third kappa shape index (κ3) is 4.83. The van der Waals surface area contributed by atoms with Gasteiger partial charge in [0.1, 0.15) is 5.75 Å². The summed E-state index contributed by atoms with van der Waals surface area (Å²) in [5.74, 6) is 0.671. The van der Waals surface area contributed by atoms with Crippen LogP contribution in [0.3, 0.4) is 0 Å². The van der Waals surface area contributed by atoms with Crippen molar-refractivity contribution in [3.05, 3.63) is 65.7 Å². The zero-order valence-corrected chi connectivity index (χ0v) is 13.6. The lowest BCUT2D eigenvalue weighted by Crippen LogP contribution is -2.36. The van der Waals surface area contributed by atoms with Gasteiger partial charge in [-0.2, -0.15) is 0 Å². The summed E-state index contributed by atoms with van der Waals surface area (Å²) in [5.41, 5.74) is 1.54. The van der Waals surface area contributed by atoms with E-state index in [9.17, 15) is 9.90 Å². The molecule has 4 heteroatoms. The molecule has 23 heavy (non-hydrogen) atoms. The molecule has 2 aromatic carbocycles. The van der Waals surface area contributed by atoms with E-state index < -0.39 is 6.10 Å². The predicted octanol–water partition coefficient (Wildman–Crippen LogP) is 3.11. The maximum absolute atomic E-state index is 12.7. The maximum Gasteiger partial charge on any atom is 0.254 e. The molecule has 122 valence electrons. The summed E-state index contributed by atoms with van der Waals surface area (Å²) in [6, 6.07) is 16.8. The lowest BCUT2D eigenvalue weighted by Gasteiger charge is -2.25. The molecule has 0 unspecified atom stereocenters. The molecule has 1 amide bonds. The van der Waals surface area contributed by atoms with Crippen molar-refractivity contribution in [1.82, 2.24) is 4.90 Å². The SMILES string of the molecule is CCOc1ccccc1CN(C[C@@H](C)O)C(=O)c1ccccc1. The number of aliphatic hydroxyl groups is 1. The normalized spacial score (nSPS) is 11.8. The number of para-hydroxylation sites is 1. The van der Waals surface area contributed by atoms with Crippen molar-refractivity contribution in [2.24, 2.45) is 0 Å². The lowest BCUT2D eigenvalue weighted by atomic mass is 10.1. The number of hydrogen-bond donors (Lipinski definition) is 1. The molecular weight excluding hydrogens is 290 g/mol. The second-order valence-electron chi connectivity index (χ2n) is 5.44. The highest BCUT2D eigenvalue weighted by molar-refractivity contribution is 5.94. The van der Waals surface area contributed by atoms with E-state index in [-0.39, 0.29) is 12.5 Å². The Bertz CT molecular complexity index is 626. The molecule has 0 bridgehead atoms. The molecule has 1 atom stereocenters. The van der Waals surface area contributed by atoms with E-state index in [1.165, 1.54) is 0 Å². The van der Waals surface area contributed by atoms with Crippen LogP contribution >= 0.6 is 0 Å². The van der Waals surface area contributed by atoms with E-state index in [2.05, 4.69) is 0 Å². The zero-order chi connectivity index (χ0) is 16.7. The van der Waals surface area contributed by atoms with Crippen LogP contribution in [0, 0.1) is 0 Å². The van der Waals surface area contributed by atoms with E-state index in [1.54, 1.807) is 24.0 Å². The molecule has 0 aliphatic rings. The Kier molecular flexibility index (Phi) is 6.18. The van der Waals surface area contributed by atoms with Crippen LogP contribution < -0.4 is 4.74 Å². The van der Waals surface area contributed by atoms with Crippen molar-refractivity contribution in [3.8, 4) is 5.75 Å². The smallest absolute Gasteiger partial charge is 0.254 e. The molecule has 1 N–H and O–H groups in total. The van der Waals surface area contributed by atoms with E-state index in [0.717, 1.165) is 11.3 Å². The first-order valence-electron chi connectivity index (χ1n) is 7.85. The molecule has 0 heterocycles. The second kappa shape index (κ2) is 8.34. The molecular formula is C19H23NO3. The molecule has 0 spiro atoms. The summed E-state index contributed by atoms with van der Waals surface area (Å²) in [7, 11) is 0. The molecule has 0 radical (unpaired) electrons. The van der Waals surface area contributed by atoms with Gasteiger partial charge >= 0.3 is 0 Å². The third-order valence-corrected chi connectivity index (χ3v) is 3.43. The average molecular weight is 313 g/mol. The summed E-state index contributed by atoms with van der Waals surface area (Å²) in [6.45, 7) is 4.85. The molecule has 0 aromatic heterocycles. The summed E-state index contributed by atoms with van der Waals surface area (Å²) >= 11 is 0. The van der Waals surface area contributed by atoms with Crippen molar-refractivity contribution in [1.29, 1.82) is 0 Å². The molecule has 0 aliphatic heterocycles. The quantitative estimate of drug-likeness (QED) is 0.854. The highest BCUT2D eigenvalue weighted by Crippen LogP contribution is 2.21. The highest BCUT2D eigenvalue weighted by atomic mass is 16.5. The van der Waals surface area contributed by atoms with Gasteiger partial charge in [0.05, 0.1) is 12.7 Å². The first-order chi connectivity index (χ1) is 11.1. The monoisotopic (exact) mass is 313 g/mol. The molecule has 2 aromatic rings. The van der Waals surface area contributed by atoms with Crippen molar-refractivity contribution in [2.75, 3.05) is 13.2 Å². The Morgan fingerprint density at radius 3 is 2.43 bits per heavy atom. The first kappa shape index (κ1) is 17.0. The largest absolute Gasteiger partial charge is 0.494 e. The molecule has 2 rings (SSSR count). The minimum atomic E-state index is -0.595. The number of ether oxygens (including phenoxy) is 1. The predicted molar refractivity (Wildman–Crippen MR) is 90.5 cm³/mol. The third-order valence-electron chi connectivity index (χ3n) is 3.43. The number of amides is 1.